The maximum atomic E-state index is 12.9. The molecule has 0 radical (unpaired) electrons. The lowest BCUT2D eigenvalue weighted by Crippen LogP contribution is -2.42. The number of nitrogens with zero attached hydrogens (tertiary/aromatic N) is 1. The van der Waals surface area contributed by atoms with Gasteiger partial charge >= 0.3 is 0 Å². The third kappa shape index (κ3) is 6.26. The van der Waals surface area contributed by atoms with Crippen LogP contribution in [0.5, 0.6) is 0 Å². The zero-order valence-electron chi connectivity index (χ0n) is 21.0. The lowest BCUT2D eigenvalue weighted by Gasteiger charge is -2.32. The highest BCUT2D eigenvalue weighted by molar-refractivity contribution is 7.92. The minimum absolute atomic E-state index is 0.0478. The Kier molecular flexibility index (Phi) is 7.42. The summed E-state index contributed by atoms with van der Waals surface area (Å²) in [4.78, 5) is 15.2. The Morgan fingerprint density at radius 3 is 1.88 bits per heavy atom. The zero-order valence-corrected chi connectivity index (χ0v) is 21.8. The summed E-state index contributed by atoms with van der Waals surface area (Å²) in [7, 11) is -3.34. The summed E-state index contributed by atoms with van der Waals surface area (Å²) >= 11 is 0. The van der Waals surface area contributed by atoms with Crippen LogP contribution in [0.3, 0.4) is 0 Å². The zero-order chi connectivity index (χ0) is 24.4. The van der Waals surface area contributed by atoms with E-state index < -0.39 is 15.1 Å². The van der Waals surface area contributed by atoms with E-state index in [1.54, 1.807) is 24.3 Å². The number of rotatable bonds is 5. The van der Waals surface area contributed by atoms with E-state index in [4.69, 9.17) is 0 Å². The van der Waals surface area contributed by atoms with Crippen molar-refractivity contribution >= 4 is 15.7 Å². The van der Waals surface area contributed by atoms with Gasteiger partial charge in [-0.15, -0.1) is 0 Å². The van der Waals surface area contributed by atoms with Crippen LogP contribution in [0.25, 0.3) is 0 Å². The van der Waals surface area contributed by atoms with Crippen LogP contribution in [-0.4, -0.2) is 37.6 Å². The van der Waals surface area contributed by atoms with Crippen molar-refractivity contribution in [3.8, 4) is 0 Å². The van der Waals surface area contributed by atoms with Crippen LogP contribution in [0, 0.1) is 0 Å². The van der Waals surface area contributed by atoms with Gasteiger partial charge in [-0.1, -0.05) is 77.9 Å². The van der Waals surface area contributed by atoms with Crippen molar-refractivity contribution in [3.05, 3.63) is 65.2 Å². The highest BCUT2D eigenvalue weighted by Gasteiger charge is 2.32. The molecule has 1 aliphatic rings. The van der Waals surface area contributed by atoms with Crippen LogP contribution in [-0.2, 0) is 31.9 Å². The molecule has 0 saturated carbocycles. The molecule has 4 nitrogen and oxygen atoms in total. The fourth-order valence-electron chi connectivity index (χ4n) is 4.33. The summed E-state index contributed by atoms with van der Waals surface area (Å²) in [6.45, 7) is 14.3. The maximum absolute atomic E-state index is 12.9. The molecule has 0 aliphatic carbocycles. The van der Waals surface area contributed by atoms with Crippen molar-refractivity contribution < 1.29 is 13.2 Å². The molecule has 0 aromatic heterocycles. The predicted octanol–water partition coefficient (Wildman–Crippen LogP) is 5.68. The molecule has 180 valence electrons. The van der Waals surface area contributed by atoms with Gasteiger partial charge in [0.1, 0.15) is 0 Å². The maximum Gasteiger partial charge on any atom is 0.222 e. The summed E-state index contributed by atoms with van der Waals surface area (Å²) in [5, 5.41) is -0.415. The van der Waals surface area contributed by atoms with Crippen LogP contribution in [0.2, 0.25) is 0 Å². The highest BCUT2D eigenvalue weighted by atomic mass is 32.2. The number of hydrogen-bond acceptors (Lipinski definition) is 3. The topological polar surface area (TPSA) is 54.5 Å². The molecule has 3 rings (SSSR count). The molecule has 1 fully saturated rings. The molecule has 2 aromatic rings. The molecule has 0 spiro atoms. The Morgan fingerprint density at radius 2 is 1.39 bits per heavy atom. The number of hydrogen-bond donors (Lipinski definition) is 0. The Bertz CT molecular complexity index is 1040. The molecule has 1 heterocycles. The van der Waals surface area contributed by atoms with Gasteiger partial charge in [0, 0.05) is 19.5 Å². The van der Waals surface area contributed by atoms with E-state index in [9.17, 15) is 13.2 Å². The molecule has 5 heteroatoms. The van der Waals surface area contributed by atoms with E-state index >= 15 is 0 Å². The second kappa shape index (κ2) is 9.61. The van der Waals surface area contributed by atoms with E-state index in [-0.39, 0.29) is 16.7 Å². The van der Waals surface area contributed by atoms with Gasteiger partial charge in [0.25, 0.3) is 0 Å². The normalized spacial score (nSPS) is 16.1. The van der Waals surface area contributed by atoms with E-state index in [2.05, 4.69) is 59.7 Å². The Morgan fingerprint density at radius 1 is 0.879 bits per heavy atom. The van der Waals surface area contributed by atoms with Gasteiger partial charge in [-0.2, -0.15) is 0 Å². The molecule has 33 heavy (non-hydrogen) atoms. The molecule has 1 saturated heterocycles. The predicted molar refractivity (Wildman–Crippen MR) is 135 cm³/mol. The third-order valence-corrected chi connectivity index (χ3v) is 8.94. The molecule has 0 atom stereocenters. The SMILES string of the molecule is CC(C)(C)c1cc(CCC(=O)N2CCC(S(=O)(=O)c3ccccc3)CC2)cc(C(C)(C)C)c1. The molecule has 1 amide bonds. The smallest absolute Gasteiger partial charge is 0.222 e. The summed E-state index contributed by atoms with van der Waals surface area (Å²) in [5.74, 6) is 0.115. The second-order valence-electron chi connectivity index (χ2n) is 11.4. The van der Waals surface area contributed by atoms with Gasteiger partial charge in [0.2, 0.25) is 5.91 Å². The molecule has 0 unspecified atom stereocenters. The van der Waals surface area contributed by atoms with Gasteiger partial charge in [-0.05, 0) is 58.9 Å². The van der Waals surface area contributed by atoms with Crippen molar-refractivity contribution in [1.82, 2.24) is 4.90 Å². The van der Waals surface area contributed by atoms with Crippen molar-refractivity contribution in [2.75, 3.05) is 13.1 Å². The summed E-state index contributed by atoms with van der Waals surface area (Å²) < 4.78 is 25.8. The van der Waals surface area contributed by atoms with Gasteiger partial charge in [0.15, 0.2) is 9.84 Å². The third-order valence-electron chi connectivity index (χ3n) is 6.66. The number of aryl methyl sites for hydroxylation is 1. The van der Waals surface area contributed by atoms with Gasteiger partial charge in [-0.3, -0.25) is 4.79 Å². The molecule has 0 bridgehead atoms. The molecular formula is C28H39NO3S. The number of likely N-dealkylation sites (tertiary alicyclic amines) is 1. The van der Waals surface area contributed by atoms with Crippen LogP contribution < -0.4 is 0 Å². The van der Waals surface area contributed by atoms with Crippen LogP contribution >= 0.6 is 0 Å². The summed E-state index contributed by atoms with van der Waals surface area (Å²) in [5.41, 5.74) is 3.88. The summed E-state index contributed by atoms with van der Waals surface area (Å²) in [6, 6.07) is 15.4. The minimum Gasteiger partial charge on any atom is -0.343 e. The monoisotopic (exact) mass is 469 g/mol. The number of piperidine rings is 1. The molecule has 2 aromatic carbocycles. The van der Waals surface area contributed by atoms with E-state index in [0.717, 1.165) is 0 Å². The minimum atomic E-state index is -3.34. The Labute approximate surface area is 200 Å². The fraction of sp³-hybridized carbons (Fsp3) is 0.536. The number of carbonyl (C=O) groups is 1. The first-order valence-corrected chi connectivity index (χ1v) is 13.5. The molecule has 0 N–H and O–H groups in total. The van der Waals surface area contributed by atoms with Gasteiger partial charge < -0.3 is 4.90 Å². The average molecular weight is 470 g/mol. The van der Waals surface area contributed by atoms with E-state index in [1.165, 1.54) is 16.7 Å². The van der Waals surface area contributed by atoms with Crippen LogP contribution in [0.1, 0.15) is 77.5 Å². The van der Waals surface area contributed by atoms with E-state index in [1.807, 2.05) is 11.0 Å². The van der Waals surface area contributed by atoms with E-state index in [0.29, 0.717) is 43.7 Å². The standard InChI is InChI=1S/C28H39NO3S/c1-27(2,3)22-18-21(19-23(20-22)28(4,5)6)12-13-26(30)29-16-14-25(15-17-29)33(31,32)24-10-8-7-9-11-24/h7-11,18-20,25H,12-17H2,1-6H3. The average Bonchev–Trinajstić information content (AvgIpc) is 2.76. The van der Waals surface area contributed by atoms with Crippen LogP contribution in [0.4, 0.5) is 0 Å². The number of amides is 1. The van der Waals surface area contributed by atoms with Gasteiger partial charge in [-0.25, -0.2) is 8.42 Å². The highest BCUT2D eigenvalue weighted by Crippen LogP contribution is 2.31. The fourth-order valence-corrected chi connectivity index (χ4v) is 6.08. The van der Waals surface area contributed by atoms with Crippen molar-refractivity contribution in [1.29, 1.82) is 0 Å². The van der Waals surface area contributed by atoms with Crippen molar-refractivity contribution in [2.24, 2.45) is 0 Å². The number of sulfone groups is 1. The summed E-state index contributed by atoms with van der Waals surface area (Å²) in [6.07, 6.45) is 2.15. The molecule has 1 aliphatic heterocycles. The Hall–Kier alpha value is -2.14. The number of carbonyl (C=O) groups excluding carboxylic acids is 1. The first-order valence-electron chi connectivity index (χ1n) is 12.0. The first-order chi connectivity index (χ1) is 15.3. The molecular weight excluding hydrogens is 430 g/mol. The van der Waals surface area contributed by atoms with Crippen LogP contribution in [0.15, 0.2) is 53.4 Å². The van der Waals surface area contributed by atoms with Crippen molar-refractivity contribution in [2.45, 2.75) is 88.2 Å². The second-order valence-corrected chi connectivity index (χ2v) is 13.6. The first kappa shape index (κ1) is 25.5. The number of benzene rings is 2. The quantitative estimate of drug-likeness (QED) is 0.566. The lowest BCUT2D eigenvalue weighted by atomic mass is 9.79. The lowest BCUT2D eigenvalue weighted by molar-refractivity contribution is -0.132. The largest absolute Gasteiger partial charge is 0.343 e. The van der Waals surface area contributed by atoms with Gasteiger partial charge in [0.05, 0.1) is 10.1 Å². The van der Waals surface area contributed by atoms with Crippen molar-refractivity contribution in [3.63, 3.8) is 0 Å². The Balaban J connectivity index is 1.63.